The lowest BCUT2D eigenvalue weighted by Crippen LogP contribution is -2.29. The van der Waals surface area contributed by atoms with Gasteiger partial charge in [-0.25, -0.2) is 0 Å². The fourth-order valence-corrected chi connectivity index (χ4v) is 3.77. The first-order valence-electron chi connectivity index (χ1n) is 6.55. The highest BCUT2D eigenvalue weighted by molar-refractivity contribution is 7.00. The van der Waals surface area contributed by atoms with Gasteiger partial charge in [0, 0.05) is 25.7 Å². The highest BCUT2D eigenvalue weighted by atomic mass is 32.1. The van der Waals surface area contributed by atoms with Gasteiger partial charge in [0.05, 0.1) is 11.7 Å². The fourth-order valence-electron chi connectivity index (χ4n) is 3.25. The lowest BCUT2D eigenvalue weighted by molar-refractivity contribution is 0.307. The Hall–Kier alpha value is -1.04. The molecule has 5 heteroatoms. The minimum atomic E-state index is 0.731. The number of nitrogens with one attached hydrogen (secondary N) is 1. The van der Waals surface area contributed by atoms with Crippen LogP contribution in [0.3, 0.4) is 0 Å². The van der Waals surface area contributed by atoms with E-state index in [0.717, 1.165) is 29.5 Å². The normalized spacial score (nSPS) is 28.0. The average Bonchev–Trinajstić information content (AvgIpc) is 3.02. The molecule has 4 rings (SSSR count). The molecule has 1 N–H and O–H groups in total. The van der Waals surface area contributed by atoms with Crippen molar-refractivity contribution in [2.24, 2.45) is 5.92 Å². The zero-order valence-corrected chi connectivity index (χ0v) is 11.0. The number of nitrogens with zero attached hydrogens (tertiary/aromatic N) is 3. The van der Waals surface area contributed by atoms with Gasteiger partial charge in [-0.05, 0) is 36.6 Å². The number of benzene rings is 1. The Labute approximate surface area is 110 Å². The van der Waals surface area contributed by atoms with Crippen LogP contribution in [-0.4, -0.2) is 39.3 Å². The molecule has 0 amide bonds. The molecule has 94 valence electrons. The number of fused-ring (bicyclic) bond motifs is 2. The summed E-state index contributed by atoms with van der Waals surface area (Å²) in [5, 5.41) is 3.60. The molecule has 0 bridgehead atoms. The molecule has 2 aliphatic heterocycles. The van der Waals surface area contributed by atoms with Gasteiger partial charge in [-0.2, -0.15) is 8.75 Å². The van der Waals surface area contributed by atoms with Crippen LogP contribution in [0, 0.1) is 5.92 Å². The number of aromatic nitrogens is 2. The zero-order valence-electron chi connectivity index (χ0n) is 10.2. The summed E-state index contributed by atoms with van der Waals surface area (Å²) in [6, 6.07) is 7.18. The molecule has 2 saturated heterocycles. The predicted octanol–water partition coefficient (Wildman–Crippen LogP) is 1.48. The minimum Gasteiger partial charge on any atom is -0.312 e. The first-order chi connectivity index (χ1) is 8.88. The van der Waals surface area contributed by atoms with Crippen molar-refractivity contribution in [3.8, 4) is 0 Å². The fraction of sp³-hybridized carbons (Fsp3) is 0.538. The maximum absolute atomic E-state index is 4.31. The van der Waals surface area contributed by atoms with Crippen molar-refractivity contribution in [3.05, 3.63) is 23.8 Å². The van der Waals surface area contributed by atoms with Gasteiger partial charge in [-0.3, -0.25) is 4.90 Å². The summed E-state index contributed by atoms with van der Waals surface area (Å²) < 4.78 is 8.56. The van der Waals surface area contributed by atoms with Gasteiger partial charge in [0.2, 0.25) is 0 Å². The van der Waals surface area contributed by atoms with Crippen molar-refractivity contribution in [1.29, 1.82) is 0 Å². The molecule has 1 aromatic carbocycles. The Morgan fingerprint density at radius 3 is 3.17 bits per heavy atom. The van der Waals surface area contributed by atoms with Crippen LogP contribution in [0.1, 0.15) is 12.0 Å². The Morgan fingerprint density at radius 2 is 2.22 bits per heavy atom. The van der Waals surface area contributed by atoms with E-state index in [1.54, 1.807) is 0 Å². The Kier molecular flexibility index (Phi) is 2.57. The summed E-state index contributed by atoms with van der Waals surface area (Å²) in [5.74, 6) is 0.870. The molecule has 18 heavy (non-hydrogen) atoms. The average molecular weight is 260 g/mol. The summed E-state index contributed by atoms with van der Waals surface area (Å²) in [6.45, 7) is 4.69. The maximum Gasteiger partial charge on any atom is 0.105 e. The van der Waals surface area contributed by atoms with E-state index in [-0.39, 0.29) is 0 Å². The topological polar surface area (TPSA) is 41.1 Å². The van der Waals surface area contributed by atoms with Gasteiger partial charge in [0.1, 0.15) is 11.0 Å². The zero-order chi connectivity index (χ0) is 11.9. The highest BCUT2D eigenvalue weighted by Gasteiger charge is 2.35. The van der Waals surface area contributed by atoms with E-state index in [1.165, 1.54) is 43.3 Å². The van der Waals surface area contributed by atoms with Crippen LogP contribution in [-0.2, 0) is 6.54 Å². The van der Waals surface area contributed by atoms with Crippen LogP contribution in [0.25, 0.3) is 11.0 Å². The second-order valence-electron chi connectivity index (χ2n) is 5.39. The van der Waals surface area contributed by atoms with Crippen LogP contribution >= 0.6 is 11.7 Å². The summed E-state index contributed by atoms with van der Waals surface area (Å²) >= 11 is 1.29. The molecule has 2 fully saturated rings. The standard InChI is InChI=1S/C13H16N4S/c1-2-11-12(16-18-15-11)5-9(1)6-17-7-10-3-4-14-13(10)8-17/h1-2,5,10,13-14H,3-4,6-8H2. The summed E-state index contributed by atoms with van der Waals surface area (Å²) in [7, 11) is 0. The quantitative estimate of drug-likeness (QED) is 0.888. The lowest BCUT2D eigenvalue weighted by Gasteiger charge is -2.16. The largest absolute Gasteiger partial charge is 0.312 e. The molecule has 2 atom stereocenters. The third-order valence-electron chi connectivity index (χ3n) is 4.16. The molecule has 0 spiro atoms. The maximum atomic E-state index is 4.31. The summed E-state index contributed by atoms with van der Waals surface area (Å²) in [5.41, 5.74) is 3.41. The smallest absolute Gasteiger partial charge is 0.105 e. The van der Waals surface area contributed by atoms with Gasteiger partial charge in [-0.1, -0.05) is 6.07 Å². The molecule has 3 heterocycles. The van der Waals surface area contributed by atoms with Crippen LogP contribution in [0.15, 0.2) is 18.2 Å². The summed E-state index contributed by atoms with van der Waals surface area (Å²) in [6.07, 6.45) is 1.34. The van der Waals surface area contributed by atoms with Crippen LogP contribution in [0.2, 0.25) is 0 Å². The SMILES string of the molecule is c1cc2nsnc2cc1CN1CC2CCNC2C1. The number of hydrogen-bond donors (Lipinski definition) is 1. The lowest BCUT2D eigenvalue weighted by atomic mass is 10.1. The van der Waals surface area contributed by atoms with Crippen molar-refractivity contribution < 1.29 is 0 Å². The van der Waals surface area contributed by atoms with E-state index in [2.05, 4.69) is 37.2 Å². The van der Waals surface area contributed by atoms with Gasteiger partial charge in [0.15, 0.2) is 0 Å². The number of hydrogen-bond acceptors (Lipinski definition) is 5. The molecule has 4 nitrogen and oxygen atoms in total. The van der Waals surface area contributed by atoms with Crippen molar-refractivity contribution in [2.75, 3.05) is 19.6 Å². The summed E-state index contributed by atoms with van der Waals surface area (Å²) in [4.78, 5) is 2.56. The van der Waals surface area contributed by atoms with E-state index < -0.39 is 0 Å². The Bertz CT molecular complexity index is 555. The molecule has 2 aliphatic rings. The Balaban J connectivity index is 1.51. The van der Waals surface area contributed by atoms with E-state index in [0.29, 0.717) is 0 Å². The van der Waals surface area contributed by atoms with Crippen molar-refractivity contribution in [2.45, 2.75) is 19.0 Å². The van der Waals surface area contributed by atoms with E-state index in [4.69, 9.17) is 0 Å². The molecule has 2 unspecified atom stereocenters. The third-order valence-corrected chi connectivity index (χ3v) is 4.72. The monoisotopic (exact) mass is 260 g/mol. The molecule has 1 aromatic heterocycles. The third kappa shape index (κ3) is 1.83. The van der Waals surface area contributed by atoms with Gasteiger partial charge >= 0.3 is 0 Å². The van der Waals surface area contributed by atoms with Gasteiger partial charge in [-0.15, -0.1) is 0 Å². The Morgan fingerprint density at radius 1 is 1.28 bits per heavy atom. The number of likely N-dealkylation sites (tertiary alicyclic amines) is 1. The second kappa shape index (κ2) is 4.26. The minimum absolute atomic E-state index is 0.731. The molecule has 0 aliphatic carbocycles. The van der Waals surface area contributed by atoms with Crippen molar-refractivity contribution in [3.63, 3.8) is 0 Å². The van der Waals surface area contributed by atoms with Gasteiger partial charge in [0.25, 0.3) is 0 Å². The van der Waals surface area contributed by atoms with Crippen LogP contribution in [0.5, 0.6) is 0 Å². The molecule has 0 saturated carbocycles. The van der Waals surface area contributed by atoms with E-state index in [9.17, 15) is 0 Å². The van der Waals surface area contributed by atoms with Gasteiger partial charge < -0.3 is 5.32 Å². The predicted molar refractivity (Wildman–Crippen MR) is 72.6 cm³/mol. The second-order valence-corrected chi connectivity index (χ2v) is 5.92. The molecular formula is C13H16N4S. The highest BCUT2D eigenvalue weighted by Crippen LogP contribution is 2.26. The first-order valence-corrected chi connectivity index (χ1v) is 7.28. The molecular weight excluding hydrogens is 244 g/mol. The van der Waals surface area contributed by atoms with Crippen molar-refractivity contribution >= 4 is 22.8 Å². The molecule has 0 radical (unpaired) electrons. The van der Waals surface area contributed by atoms with E-state index in [1.807, 2.05) is 0 Å². The van der Waals surface area contributed by atoms with Crippen LogP contribution < -0.4 is 5.32 Å². The number of rotatable bonds is 2. The van der Waals surface area contributed by atoms with Crippen LogP contribution in [0.4, 0.5) is 0 Å². The van der Waals surface area contributed by atoms with E-state index >= 15 is 0 Å². The molecule has 2 aromatic rings. The first kappa shape index (κ1) is 10.8. The van der Waals surface area contributed by atoms with Crippen molar-refractivity contribution in [1.82, 2.24) is 19.0 Å².